The molecule has 9 nitrogen and oxygen atoms in total. The van der Waals surface area contributed by atoms with Crippen LogP contribution in [0.2, 0.25) is 0 Å². The van der Waals surface area contributed by atoms with Crippen molar-refractivity contribution in [2.45, 2.75) is 99.1 Å². The van der Waals surface area contributed by atoms with Crippen LogP contribution in [0.3, 0.4) is 0 Å². The maximum Gasteiger partial charge on any atom is 0.324 e. The highest BCUT2D eigenvalue weighted by molar-refractivity contribution is 5.80. The van der Waals surface area contributed by atoms with E-state index >= 15 is 0 Å². The van der Waals surface area contributed by atoms with Crippen LogP contribution in [0.5, 0.6) is 11.5 Å². The van der Waals surface area contributed by atoms with Crippen molar-refractivity contribution in [2.24, 2.45) is 16.6 Å². The number of nitrogens with two attached hydrogens (primary N) is 1. The molecule has 9 heteroatoms. The molecule has 0 aromatic heterocycles. The number of carbonyl (C=O) groups excluding carboxylic acids is 3. The zero-order valence-electron chi connectivity index (χ0n) is 22.7. The third-order valence-electron chi connectivity index (χ3n) is 5.02. The van der Waals surface area contributed by atoms with Crippen LogP contribution in [0.1, 0.15) is 86.6 Å². The SMILES string of the molecule is CCC(=O)O[C@@H](C)CC(N)(Cc1ccc(OC(=O)CC(C)(C)C)c(OC(=O)CC(C)(C)C)c1)C(=O)O. The van der Waals surface area contributed by atoms with Gasteiger partial charge in [0.15, 0.2) is 11.5 Å². The Kier molecular flexibility index (Phi) is 10.7. The topological polar surface area (TPSA) is 142 Å². The van der Waals surface area contributed by atoms with E-state index in [2.05, 4.69) is 0 Å². The van der Waals surface area contributed by atoms with Crippen molar-refractivity contribution in [1.82, 2.24) is 0 Å². The Balaban J connectivity index is 3.27. The Morgan fingerprint density at radius 2 is 1.39 bits per heavy atom. The molecule has 36 heavy (non-hydrogen) atoms. The number of benzene rings is 1. The minimum Gasteiger partial charge on any atom is -0.480 e. The van der Waals surface area contributed by atoms with Crippen LogP contribution in [-0.4, -0.2) is 40.6 Å². The molecule has 3 N–H and O–H groups in total. The van der Waals surface area contributed by atoms with E-state index in [9.17, 15) is 24.3 Å². The van der Waals surface area contributed by atoms with Crippen molar-refractivity contribution in [3.8, 4) is 11.5 Å². The van der Waals surface area contributed by atoms with Gasteiger partial charge in [-0.25, -0.2) is 0 Å². The minimum atomic E-state index is -1.76. The van der Waals surface area contributed by atoms with Gasteiger partial charge < -0.3 is 25.1 Å². The van der Waals surface area contributed by atoms with Gasteiger partial charge in [-0.1, -0.05) is 54.5 Å². The molecule has 0 bridgehead atoms. The lowest BCUT2D eigenvalue weighted by atomic mass is 9.86. The first-order chi connectivity index (χ1) is 16.3. The predicted molar refractivity (Wildman–Crippen MR) is 135 cm³/mol. The molecule has 0 aliphatic heterocycles. The van der Waals surface area contributed by atoms with Crippen molar-refractivity contribution in [2.75, 3.05) is 0 Å². The lowest BCUT2D eigenvalue weighted by Gasteiger charge is -2.28. The molecule has 0 saturated heterocycles. The summed E-state index contributed by atoms with van der Waals surface area (Å²) in [6.07, 6.45) is -0.577. The third kappa shape index (κ3) is 11.2. The van der Waals surface area contributed by atoms with Gasteiger partial charge in [-0.2, -0.15) is 0 Å². The first-order valence-electron chi connectivity index (χ1n) is 12.1. The summed E-state index contributed by atoms with van der Waals surface area (Å²) in [7, 11) is 0. The Labute approximate surface area is 213 Å². The predicted octanol–water partition coefficient (Wildman–Crippen LogP) is 4.43. The highest BCUT2D eigenvalue weighted by atomic mass is 16.6. The zero-order chi connectivity index (χ0) is 27.9. The van der Waals surface area contributed by atoms with Crippen molar-refractivity contribution >= 4 is 23.9 Å². The van der Waals surface area contributed by atoms with Crippen LogP contribution >= 0.6 is 0 Å². The smallest absolute Gasteiger partial charge is 0.324 e. The number of carbonyl (C=O) groups is 4. The Morgan fingerprint density at radius 1 is 0.889 bits per heavy atom. The maximum atomic E-state index is 12.5. The molecule has 0 heterocycles. The summed E-state index contributed by atoms with van der Waals surface area (Å²) in [5.41, 5.74) is 4.28. The highest BCUT2D eigenvalue weighted by Crippen LogP contribution is 2.33. The van der Waals surface area contributed by atoms with E-state index in [0.717, 1.165) is 0 Å². The second-order valence-corrected chi connectivity index (χ2v) is 11.7. The number of aliphatic carboxylic acids is 1. The normalized spacial score (nSPS) is 14.4. The summed E-state index contributed by atoms with van der Waals surface area (Å²) in [6.45, 7) is 14.6. The molecule has 202 valence electrons. The summed E-state index contributed by atoms with van der Waals surface area (Å²) < 4.78 is 16.2. The average Bonchev–Trinajstić information content (AvgIpc) is 2.66. The quantitative estimate of drug-likeness (QED) is 0.328. The number of rotatable bonds is 11. The van der Waals surface area contributed by atoms with Gasteiger partial charge >= 0.3 is 23.9 Å². The van der Waals surface area contributed by atoms with Crippen molar-refractivity contribution < 1.29 is 38.5 Å². The molecule has 1 aromatic rings. The summed E-state index contributed by atoms with van der Waals surface area (Å²) in [4.78, 5) is 48.6. The molecule has 0 radical (unpaired) electrons. The first-order valence-corrected chi connectivity index (χ1v) is 12.1. The van der Waals surface area contributed by atoms with Crippen LogP contribution in [0.4, 0.5) is 0 Å². The Bertz CT molecular complexity index is 958. The second-order valence-electron chi connectivity index (χ2n) is 11.7. The zero-order valence-corrected chi connectivity index (χ0v) is 22.7. The van der Waals surface area contributed by atoms with Crippen LogP contribution in [-0.2, 0) is 30.3 Å². The van der Waals surface area contributed by atoms with Gasteiger partial charge in [0.2, 0.25) is 0 Å². The number of hydrogen-bond donors (Lipinski definition) is 2. The van der Waals surface area contributed by atoms with Gasteiger partial charge in [0.25, 0.3) is 0 Å². The fourth-order valence-electron chi connectivity index (χ4n) is 3.47. The summed E-state index contributed by atoms with van der Waals surface area (Å²) in [5.74, 6) is -2.68. The molecule has 0 amide bonds. The maximum absolute atomic E-state index is 12.5. The molecule has 1 unspecified atom stereocenters. The lowest BCUT2D eigenvalue weighted by molar-refractivity contribution is -0.153. The van der Waals surface area contributed by atoms with Crippen LogP contribution in [0.25, 0.3) is 0 Å². The Morgan fingerprint density at radius 3 is 1.83 bits per heavy atom. The largest absolute Gasteiger partial charge is 0.480 e. The number of hydrogen-bond acceptors (Lipinski definition) is 8. The van der Waals surface area contributed by atoms with Crippen molar-refractivity contribution in [3.63, 3.8) is 0 Å². The van der Waals surface area contributed by atoms with E-state index in [-0.39, 0.29) is 54.4 Å². The average molecular weight is 508 g/mol. The molecule has 1 rings (SSSR count). The van der Waals surface area contributed by atoms with E-state index in [0.29, 0.717) is 5.56 Å². The van der Waals surface area contributed by atoms with Crippen LogP contribution < -0.4 is 15.2 Å². The number of carboxylic acid groups (broad SMARTS) is 1. The van der Waals surface area contributed by atoms with E-state index in [1.807, 2.05) is 41.5 Å². The highest BCUT2D eigenvalue weighted by Gasteiger charge is 2.37. The molecule has 1 aromatic carbocycles. The lowest BCUT2D eigenvalue weighted by Crippen LogP contribution is -2.52. The van der Waals surface area contributed by atoms with E-state index < -0.39 is 35.5 Å². The monoisotopic (exact) mass is 507 g/mol. The minimum absolute atomic E-state index is 0.00204. The van der Waals surface area contributed by atoms with Crippen LogP contribution in [0, 0.1) is 10.8 Å². The molecule has 0 saturated carbocycles. The third-order valence-corrected chi connectivity index (χ3v) is 5.02. The van der Waals surface area contributed by atoms with Gasteiger partial charge in [-0.3, -0.25) is 19.2 Å². The van der Waals surface area contributed by atoms with Gasteiger partial charge in [0.05, 0.1) is 12.8 Å². The van der Waals surface area contributed by atoms with E-state index in [1.54, 1.807) is 19.9 Å². The molecular formula is C27H41NO8. The summed E-state index contributed by atoms with van der Waals surface area (Å²) >= 11 is 0. The molecule has 2 atom stereocenters. The second kappa shape index (κ2) is 12.3. The van der Waals surface area contributed by atoms with Crippen molar-refractivity contribution in [1.29, 1.82) is 0 Å². The molecule has 0 spiro atoms. The van der Waals surface area contributed by atoms with Gasteiger partial charge in [-0.05, 0) is 35.4 Å². The fourth-order valence-corrected chi connectivity index (χ4v) is 3.47. The number of carboxylic acids is 1. The first kappa shape index (κ1) is 31.1. The molecular weight excluding hydrogens is 466 g/mol. The summed E-state index contributed by atoms with van der Waals surface area (Å²) in [5, 5.41) is 9.84. The number of ether oxygens (including phenoxy) is 3. The fraction of sp³-hybridized carbons (Fsp3) is 0.630. The molecule has 0 aliphatic rings. The summed E-state index contributed by atoms with van der Waals surface area (Å²) in [6, 6.07) is 4.47. The standard InChI is InChI=1S/C27H41NO8/c1-9-21(29)34-17(2)13-27(28,24(32)33)14-18-10-11-19(35-22(30)15-25(3,4)5)20(12-18)36-23(31)16-26(6,7)8/h10-12,17H,9,13-16,28H2,1-8H3,(H,32,33)/t17-,27?/m0/s1. The molecule has 0 fully saturated rings. The van der Waals surface area contributed by atoms with Gasteiger partial charge in [0.1, 0.15) is 11.6 Å². The molecule has 0 aliphatic carbocycles. The van der Waals surface area contributed by atoms with E-state index in [4.69, 9.17) is 19.9 Å². The van der Waals surface area contributed by atoms with E-state index in [1.165, 1.54) is 12.1 Å². The number of esters is 3. The van der Waals surface area contributed by atoms with Crippen molar-refractivity contribution in [3.05, 3.63) is 23.8 Å². The van der Waals surface area contributed by atoms with Crippen LogP contribution in [0.15, 0.2) is 18.2 Å². The van der Waals surface area contributed by atoms with Gasteiger partial charge in [0, 0.05) is 19.3 Å². The Hall–Kier alpha value is -2.94. The van der Waals surface area contributed by atoms with Gasteiger partial charge in [-0.15, -0.1) is 0 Å².